The van der Waals surface area contributed by atoms with E-state index in [9.17, 15) is 18.4 Å². The van der Waals surface area contributed by atoms with Crippen LogP contribution in [-0.2, 0) is 6.54 Å². The highest BCUT2D eigenvalue weighted by atomic mass is 35.5. The third-order valence-electron chi connectivity index (χ3n) is 6.99. The Kier molecular flexibility index (Phi) is 7.42. The molecule has 0 aliphatic heterocycles. The Morgan fingerprint density at radius 3 is 2.58 bits per heavy atom. The van der Waals surface area contributed by atoms with Crippen LogP contribution < -0.4 is 15.7 Å². The van der Waals surface area contributed by atoms with E-state index in [2.05, 4.69) is 15.3 Å². The van der Waals surface area contributed by atoms with Gasteiger partial charge in [-0.3, -0.25) is 23.9 Å². The average molecular weight is 542 g/mol. The topological polar surface area (TPSA) is 91.0 Å². The number of imidazole rings is 1. The molecule has 38 heavy (non-hydrogen) atoms. The average Bonchev–Trinajstić information content (AvgIpc) is 3.20. The van der Waals surface area contributed by atoms with E-state index in [0.717, 1.165) is 30.1 Å². The molecule has 8 nitrogen and oxygen atoms in total. The van der Waals surface area contributed by atoms with Crippen molar-refractivity contribution >= 4 is 28.5 Å². The summed E-state index contributed by atoms with van der Waals surface area (Å²) in [5.74, 6) is 0.166. The molecule has 1 amide bonds. The smallest absolute Gasteiger partial charge is 0.333 e. The number of benzene rings is 1. The molecule has 0 saturated heterocycles. The number of aromatic nitrogens is 4. The van der Waals surface area contributed by atoms with Gasteiger partial charge in [0.1, 0.15) is 11.4 Å². The zero-order valence-corrected chi connectivity index (χ0v) is 21.4. The van der Waals surface area contributed by atoms with E-state index < -0.39 is 18.0 Å². The van der Waals surface area contributed by atoms with Crippen molar-refractivity contribution < 1.29 is 18.3 Å². The number of hydrogen-bond donors (Lipinski definition) is 1. The SMILES string of the molecule is COc1cncc(-n2c(=O)n(C[C@H]3CC[C@H](NC(=O)c4cc(Cl)cnc4C(F)F)CC3)c3ccccc32)c1. The Hall–Kier alpha value is -3.79. The Morgan fingerprint density at radius 1 is 1.13 bits per heavy atom. The number of fused-ring (bicyclic) bond motifs is 1. The van der Waals surface area contributed by atoms with Crippen LogP contribution in [0.2, 0.25) is 5.02 Å². The standard InChI is InChI=1S/C27H26ClF2N5O3/c1-38-20-11-19(13-31-14-20)35-23-5-3-2-4-22(23)34(27(35)37)15-16-6-8-18(9-7-16)33-26(36)21-10-17(28)12-32-24(21)25(29)30/h2-5,10-14,16,18,25H,6-9,15H2,1H3,(H,33,36)/t16-,18-. The van der Waals surface area contributed by atoms with Crippen LogP contribution >= 0.6 is 11.6 Å². The summed E-state index contributed by atoms with van der Waals surface area (Å²) in [5, 5.41) is 2.98. The zero-order valence-electron chi connectivity index (χ0n) is 20.6. The number of alkyl halides is 2. The first-order valence-electron chi connectivity index (χ1n) is 12.3. The maximum absolute atomic E-state index is 13.6. The molecule has 0 radical (unpaired) electrons. The van der Waals surface area contributed by atoms with Gasteiger partial charge >= 0.3 is 5.69 Å². The van der Waals surface area contributed by atoms with Gasteiger partial charge in [-0.1, -0.05) is 23.7 Å². The van der Waals surface area contributed by atoms with E-state index in [4.69, 9.17) is 16.3 Å². The molecule has 0 atom stereocenters. The van der Waals surface area contributed by atoms with Crippen molar-refractivity contribution in [2.75, 3.05) is 7.11 Å². The van der Waals surface area contributed by atoms with E-state index in [-0.39, 0.29) is 28.2 Å². The van der Waals surface area contributed by atoms with Crippen LogP contribution in [0.15, 0.2) is 59.8 Å². The van der Waals surface area contributed by atoms with Gasteiger partial charge in [0.15, 0.2) is 0 Å². The molecule has 1 aromatic carbocycles. The van der Waals surface area contributed by atoms with Crippen LogP contribution in [0.5, 0.6) is 5.75 Å². The molecule has 1 saturated carbocycles. The van der Waals surface area contributed by atoms with Crippen molar-refractivity contribution in [3.8, 4) is 11.4 Å². The van der Waals surface area contributed by atoms with Gasteiger partial charge in [-0.25, -0.2) is 13.6 Å². The van der Waals surface area contributed by atoms with Crippen molar-refractivity contribution in [1.29, 1.82) is 0 Å². The molecule has 1 aliphatic rings. The molecule has 3 heterocycles. The zero-order chi connectivity index (χ0) is 26.8. The Balaban J connectivity index is 1.31. The lowest BCUT2D eigenvalue weighted by Gasteiger charge is -2.29. The Labute approximate surface area is 222 Å². The van der Waals surface area contributed by atoms with Gasteiger partial charge < -0.3 is 10.1 Å². The van der Waals surface area contributed by atoms with E-state index >= 15 is 0 Å². The van der Waals surface area contributed by atoms with Gasteiger partial charge in [-0.05, 0) is 49.8 Å². The van der Waals surface area contributed by atoms with Gasteiger partial charge in [0.05, 0.1) is 46.8 Å². The van der Waals surface area contributed by atoms with E-state index in [1.807, 2.05) is 24.3 Å². The number of ether oxygens (including phenoxy) is 1. The lowest BCUT2D eigenvalue weighted by molar-refractivity contribution is 0.0904. The highest BCUT2D eigenvalue weighted by Crippen LogP contribution is 2.29. The minimum atomic E-state index is -2.88. The summed E-state index contributed by atoms with van der Waals surface area (Å²) in [6, 6.07) is 10.4. The molecular formula is C27H26ClF2N5O3. The molecule has 1 N–H and O–H groups in total. The molecule has 198 valence electrons. The largest absolute Gasteiger partial charge is 0.495 e. The predicted octanol–water partition coefficient (Wildman–Crippen LogP) is 5.17. The Bertz CT molecular complexity index is 1530. The Morgan fingerprint density at radius 2 is 1.87 bits per heavy atom. The quantitative estimate of drug-likeness (QED) is 0.348. The van der Waals surface area contributed by atoms with Crippen molar-refractivity contribution in [3.63, 3.8) is 0 Å². The highest BCUT2D eigenvalue weighted by Gasteiger charge is 2.27. The van der Waals surface area contributed by atoms with Crippen molar-refractivity contribution in [2.24, 2.45) is 5.92 Å². The molecule has 1 fully saturated rings. The van der Waals surface area contributed by atoms with Crippen LogP contribution in [0.4, 0.5) is 8.78 Å². The van der Waals surface area contributed by atoms with E-state index in [1.54, 1.807) is 34.7 Å². The van der Waals surface area contributed by atoms with Gasteiger partial charge in [0.25, 0.3) is 12.3 Å². The second kappa shape index (κ2) is 10.9. The number of nitrogens with zero attached hydrogens (tertiary/aromatic N) is 4. The number of halogens is 3. The number of para-hydroxylation sites is 2. The van der Waals surface area contributed by atoms with Gasteiger partial charge in [0, 0.05) is 24.8 Å². The number of nitrogens with one attached hydrogen (secondary N) is 1. The van der Waals surface area contributed by atoms with Crippen molar-refractivity contribution in [2.45, 2.75) is 44.7 Å². The van der Waals surface area contributed by atoms with Gasteiger partial charge in [0.2, 0.25) is 0 Å². The minimum absolute atomic E-state index is 0.123. The summed E-state index contributed by atoms with van der Waals surface area (Å²) >= 11 is 5.89. The molecule has 11 heteroatoms. The summed E-state index contributed by atoms with van der Waals surface area (Å²) < 4.78 is 35.3. The second-order valence-corrected chi connectivity index (χ2v) is 9.81. The van der Waals surface area contributed by atoms with Crippen LogP contribution in [0.1, 0.15) is 48.2 Å². The maximum atomic E-state index is 13.6. The number of hydrogen-bond acceptors (Lipinski definition) is 5. The first kappa shape index (κ1) is 25.8. The van der Waals surface area contributed by atoms with E-state index in [0.29, 0.717) is 30.8 Å². The number of pyridine rings is 2. The van der Waals surface area contributed by atoms with Crippen molar-refractivity contribution in [3.05, 3.63) is 81.8 Å². The third-order valence-corrected chi connectivity index (χ3v) is 7.19. The highest BCUT2D eigenvalue weighted by molar-refractivity contribution is 6.30. The number of methoxy groups -OCH3 is 1. The first-order valence-corrected chi connectivity index (χ1v) is 12.7. The number of carbonyl (C=O) groups is 1. The number of rotatable bonds is 7. The number of carbonyl (C=O) groups excluding carboxylic acids is 1. The fourth-order valence-electron chi connectivity index (χ4n) is 5.09. The molecule has 4 aromatic rings. The van der Waals surface area contributed by atoms with Crippen LogP contribution in [0, 0.1) is 5.92 Å². The molecule has 0 spiro atoms. The number of amides is 1. The lowest BCUT2D eigenvalue weighted by atomic mass is 9.85. The molecule has 3 aromatic heterocycles. The monoisotopic (exact) mass is 541 g/mol. The fourth-order valence-corrected chi connectivity index (χ4v) is 5.25. The summed E-state index contributed by atoms with van der Waals surface area (Å²) in [6.45, 7) is 0.526. The normalized spacial score (nSPS) is 17.6. The predicted molar refractivity (Wildman–Crippen MR) is 139 cm³/mol. The van der Waals surface area contributed by atoms with Crippen LogP contribution in [0.3, 0.4) is 0 Å². The lowest BCUT2D eigenvalue weighted by Crippen LogP contribution is -2.39. The van der Waals surface area contributed by atoms with Crippen LogP contribution in [-0.4, -0.2) is 38.2 Å². The van der Waals surface area contributed by atoms with Gasteiger partial charge in [-0.15, -0.1) is 0 Å². The maximum Gasteiger partial charge on any atom is 0.333 e. The van der Waals surface area contributed by atoms with E-state index in [1.165, 1.54) is 6.07 Å². The first-order chi connectivity index (χ1) is 18.4. The molecular weight excluding hydrogens is 516 g/mol. The summed E-state index contributed by atoms with van der Waals surface area (Å²) in [4.78, 5) is 34.1. The molecule has 0 bridgehead atoms. The molecule has 0 unspecified atom stereocenters. The minimum Gasteiger partial charge on any atom is -0.495 e. The molecule has 1 aliphatic carbocycles. The third kappa shape index (κ3) is 5.13. The van der Waals surface area contributed by atoms with Gasteiger partial charge in [-0.2, -0.15) is 0 Å². The van der Waals surface area contributed by atoms with Crippen molar-refractivity contribution in [1.82, 2.24) is 24.4 Å². The van der Waals surface area contributed by atoms with Crippen LogP contribution in [0.25, 0.3) is 16.7 Å². The molecule has 5 rings (SSSR count). The second-order valence-electron chi connectivity index (χ2n) is 9.38. The summed E-state index contributed by atoms with van der Waals surface area (Å²) in [6.07, 6.45) is 4.32. The summed E-state index contributed by atoms with van der Waals surface area (Å²) in [7, 11) is 1.55. The fraction of sp³-hybridized carbons (Fsp3) is 0.333. The summed E-state index contributed by atoms with van der Waals surface area (Å²) in [5.41, 5.74) is 1.27.